The smallest absolute Gasteiger partial charge is 0.244 e. The van der Waals surface area contributed by atoms with Crippen LogP contribution >= 0.6 is 11.8 Å². The molecule has 2 N–H and O–H groups in total. The van der Waals surface area contributed by atoms with Crippen molar-refractivity contribution in [1.82, 2.24) is 20.1 Å². The van der Waals surface area contributed by atoms with Crippen molar-refractivity contribution in [3.05, 3.63) is 77.6 Å². The Labute approximate surface area is 221 Å². The van der Waals surface area contributed by atoms with Gasteiger partial charge in [-0.1, -0.05) is 36.0 Å². The lowest BCUT2D eigenvalue weighted by atomic mass is 10.1. The van der Waals surface area contributed by atoms with E-state index in [1.165, 1.54) is 17.8 Å². The highest BCUT2D eigenvalue weighted by atomic mass is 32.2. The van der Waals surface area contributed by atoms with Crippen molar-refractivity contribution < 1.29 is 19.1 Å². The van der Waals surface area contributed by atoms with Gasteiger partial charge in [0.2, 0.25) is 11.8 Å². The minimum Gasteiger partial charge on any atom is -0.493 e. The van der Waals surface area contributed by atoms with Gasteiger partial charge < -0.3 is 24.7 Å². The first-order valence-corrected chi connectivity index (χ1v) is 12.5. The number of methoxy groups -OCH3 is 2. The molecule has 0 aliphatic rings. The molecule has 3 rings (SSSR count). The van der Waals surface area contributed by atoms with Crippen LogP contribution in [-0.4, -0.2) is 46.6 Å². The van der Waals surface area contributed by atoms with Crippen molar-refractivity contribution >= 4 is 35.3 Å². The van der Waals surface area contributed by atoms with E-state index in [-0.39, 0.29) is 24.1 Å². The number of carbonyl (C=O) groups excluding carboxylic acids is 2. The highest BCUT2D eigenvalue weighted by Gasteiger charge is 2.14. The second kappa shape index (κ2) is 13.3. The number of anilines is 1. The fourth-order valence-corrected chi connectivity index (χ4v) is 4.18. The van der Waals surface area contributed by atoms with Gasteiger partial charge in [0.1, 0.15) is 0 Å². The van der Waals surface area contributed by atoms with Crippen molar-refractivity contribution in [3.8, 4) is 11.5 Å². The van der Waals surface area contributed by atoms with Gasteiger partial charge in [0.05, 0.1) is 26.5 Å². The van der Waals surface area contributed by atoms with Crippen LogP contribution in [0, 0.1) is 13.8 Å². The molecule has 10 heteroatoms. The lowest BCUT2D eigenvalue weighted by Crippen LogP contribution is -2.23. The Kier molecular flexibility index (Phi) is 9.91. The summed E-state index contributed by atoms with van der Waals surface area (Å²) < 4.78 is 12.3. The molecule has 9 nitrogen and oxygen atoms in total. The molecule has 0 spiro atoms. The van der Waals surface area contributed by atoms with E-state index in [0.717, 1.165) is 22.4 Å². The molecule has 0 bridgehead atoms. The van der Waals surface area contributed by atoms with Gasteiger partial charge in [0, 0.05) is 18.3 Å². The predicted octanol–water partition coefficient (Wildman–Crippen LogP) is 4.16. The molecule has 0 fully saturated rings. The number of benzene rings is 2. The largest absolute Gasteiger partial charge is 0.493 e. The number of aromatic nitrogens is 3. The maximum absolute atomic E-state index is 12.5. The normalized spacial score (nSPS) is 10.8. The minimum absolute atomic E-state index is 0.137. The fourth-order valence-electron chi connectivity index (χ4n) is 3.41. The summed E-state index contributed by atoms with van der Waals surface area (Å²) in [5.74, 6) is 1.50. The van der Waals surface area contributed by atoms with E-state index in [1.807, 2.05) is 42.7 Å². The third-order valence-corrected chi connectivity index (χ3v) is 6.33. The third-order valence-electron chi connectivity index (χ3n) is 5.36. The second-order valence-corrected chi connectivity index (χ2v) is 9.06. The molecule has 37 heavy (non-hydrogen) atoms. The number of nitrogens with zero attached hydrogens (tertiary/aromatic N) is 3. The fraction of sp³-hybridized carbons (Fsp3) is 0.259. The van der Waals surface area contributed by atoms with E-state index in [1.54, 1.807) is 38.5 Å². The Bertz CT molecular complexity index is 1300. The average Bonchev–Trinajstić information content (AvgIpc) is 3.28. The number of allylic oxidation sites excluding steroid dienone is 1. The zero-order valence-electron chi connectivity index (χ0n) is 21.4. The maximum atomic E-state index is 12.5. The van der Waals surface area contributed by atoms with Crippen LogP contribution in [0.3, 0.4) is 0 Å². The first-order chi connectivity index (χ1) is 17.8. The van der Waals surface area contributed by atoms with Crippen LogP contribution in [0.2, 0.25) is 0 Å². The maximum Gasteiger partial charge on any atom is 0.244 e. The van der Waals surface area contributed by atoms with Gasteiger partial charge in [-0.3, -0.25) is 9.59 Å². The van der Waals surface area contributed by atoms with Crippen LogP contribution < -0.4 is 20.1 Å². The second-order valence-electron chi connectivity index (χ2n) is 8.12. The summed E-state index contributed by atoms with van der Waals surface area (Å²) in [7, 11) is 3.12. The van der Waals surface area contributed by atoms with Crippen LogP contribution in [0.15, 0.2) is 60.3 Å². The Morgan fingerprint density at radius 1 is 1.08 bits per heavy atom. The number of nitrogens with one attached hydrogen (secondary N) is 2. The molecular formula is C27H31N5O4S. The molecule has 0 saturated carbocycles. The Morgan fingerprint density at radius 2 is 1.86 bits per heavy atom. The van der Waals surface area contributed by atoms with Gasteiger partial charge in [-0.25, -0.2) is 0 Å². The molecule has 0 radical (unpaired) electrons. The summed E-state index contributed by atoms with van der Waals surface area (Å²) in [6.45, 7) is 8.34. The highest BCUT2D eigenvalue weighted by Crippen LogP contribution is 2.28. The molecule has 2 aromatic carbocycles. The van der Waals surface area contributed by atoms with Crippen molar-refractivity contribution in [2.75, 3.05) is 25.3 Å². The Morgan fingerprint density at radius 3 is 2.59 bits per heavy atom. The SMILES string of the molecule is C=CCn1c(CNC(=O)C=Cc2ccc(OC)c(OC)c2)nnc1SCC(=O)Nc1cc(C)ccc1C. The van der Waals surface area contributed by atoms with Gasteiger partial charge in [-0.2, -0.15) is 0 Å². The number of thioether (sulfide) groups is 1. The lowest BCUT2D eigenvalue weighted by molar-refractivity contribution is -0.116. The summed E-state index contributed by atoms with van der Waals surface area (Å²) in [4.78, 5) is 24.9. The molecule has 0 atom stereocenters. The first kappa shape index (κ1) is 27.5. The van der Waals surface area contributed by atoms with E-state index in [2.05, 4.69) is 27.4 Å². The molecule has 0 unspecified atom stereocenters. The van der Waals surface area contributed by atoms with Crippen molar-refractivity contribution in [2.24, 2.45) is 0 Å². The van der Waals surface area contributed by atoms with E-state index >= 15 is 0 Å². The first-order valence-electron chi connectivity index (χ1n) is 11.6. The molecule has 2 amide bonds. The van der Waals surface area contributed by atoms with Gasteiger partial charge >= 0.3 is 0 Å². The molecule has 1 aromatic heterocycles. The lowest BCUT2D eigenvalue weighted by Gasteiger charge is -2.10. The predicted molar refractivity (Wildman–Crippen MR) is 146 cm³/mol. The van der Waals surface area contributed by atoms with Gasteiger partial charge in [-0.15, -0.1) is 16.8 Å². The van der Waals surface area contributed by atoms with Crippen LogP contribution in [-0.2, 0) is 22.7 Å². The Balaban J connectivity index is 1.58. The number of hydrogen-bond acceptors (Lipinski definition) is 7. The summed E-state index contributed by atoms with van der Waals surface area (Å²) in [6, 6.07) is 11.3. The standard InChI is InChI=1S/C27H31N5O4S/c1-6-13-32-24(16-28-25(33)12-10-20-9-11-22(35-4)23(15-20)36-5)30-31-27(32)37-17-26(34)29-21-14-18(2)7-8-19(21)3/h6-12,14-15H,1,13,16-17H2,2-5H3,(H,28,33)(H,29,34). The molecular weight excluding hydrogens is 490 g/mol. The molecule has 0 aliphatic carbocycles. The number of amides is 2. The van der Waals surface area contributed by atoms with Crippen LogP contribution in [0.1, 0.15) is 22.5 Å². The summed E-state index contributed by atoms with van der Waals surface area (Å²) in [5.41, 5.74) is 3.66. The molecule has 0 aliphatic heterocycles. The number of ether oxygens (including phenoxy) is 2. The van der Waals surface area contributed by atoms with Crippen LogP contribution in [0.25, 0.3) is 6.08 Å². The van der Waals surface area contributed by atoms with Crippen LogP contribution in [0.4, 0.5) is 5.69 Å². The third kappa shape index (κ3) is 7.71. The van der Waals surface area contributed by atoms with Gasteiger partial charge in [0.25, 0.3) is 0 Å². The number of aryl methyl sites for hydroxylation is 2. The molecule has 1 heterocycles. The zero-order valence-corrected chi connectivity index (χ0v) is 22.2. The minimum atomic E-state index is -0.287. The van der Waals surface area contributed by atoms with Crippen molar-refractivity contribution in [1.29, 1.82) is 0 Å². The highest BCUT2D eigenvalue weighted by molar-refractivity contribution is 7.99. The Hall–Kier alpha value is -4.05. The van der Waals surface area contributed by atoms with E-state index in [9.17, 15) is 9.59 Å². The number of rotatable bonds is 12. The van der Waals surface area contributed by atoms with E-state index in [0.29, 0.717) is 29.0 Å². The zero-order chi connectivity index (χ0) is 26.8. The van der Waals surface area contributed by atoms with Crippen molar-refractivity contribution in [3.63, 3.8) is 0 Å². The summed E-state index contributed by atoms with van der Waals surface area (Å²) in [5, 5.41) is 14.7. The number of carbonyl (C=O) groups is 2. The van der Waals surface area contributed by atoms with E-state index in [4.69, 9.17) is 9.47 Å². The van der Waals surface area contributed by atoms with Gasteiger partial charge in [0.15, 0.2) is 22.5 Å². The van der Waals surface area contributed by atoms with Crippen molar-refractivity contribution in [2.45, 2.75) is 32.1 Å². The molecule has 194 valence electrons. The quantitative estimate of drug-likeness (QED) is 0.209. The molecule has 0 saturated heterocycles. The average molecular weight is 522 g/mol. The summed E-state index contributed by atoms with van der Waals surface area (Å²) in [6.07, 6.45) is 4.83. The monoisotopic (exact) mass is 521 g/mol. The number of hydrogen-bond donors (Lipinski definition) is 2. The summed E-state index contributed by atoms with van der Waals surface area (Å²) >= 11 is 1.27. The topological polar surface area (TPSA) is 107 Å². The van der Waals surface area contributed by atoms with Crippen LogP contribution in [0.5, 0.6) is 11.5 Å². The molecule has 3 aromatic rings. The van der Waals surface area contributed by atoms with Gasteiger partial charge in [-0.05, 0) is 54.8 Å². The van der Waals surface area contributed by atoms with E-state index < -0.39 is 0 Å².